The van der Waals surface area contributed by atoms with Crippen molar-refractivity contribution in [3.63, 3.8) is 0 Å². The number of nitrogens with zero attached hydrogens (tertiary/aromatic N) is 1. The zero-order valence-corrected chi connectivity index (χ0v) is 9.07. The molecule has 0 radical (unpaired) electrons. The molecule has 0 amide bonds. The average Bonchev–Trinajstić information content (AvgIpc) is 1.94. The van der Waals surface area contributed by atoms with Gasteiger partial charge < -0.3 is 0 Å². The third kappa shape index (κ3) is 2.25. The molecule has 0 unspecified atom stereocenters. The zero-order valence-electron chi connectivity index (χ0n) is 5.14. The summed E-state index contributed by atoms with van der Waals surface area (Å²) in [5.41, 5.74) is 0.362. The maximum atomic E-state index is 10.7. The molecule has 0 spiro atoms. The molecule has 0 aromatic carbocycles. The lowest BCUT2D eigenvalue weighted by atomic mass is 10.3. The Morgan fingerprint density at radius 1 is 1.55 bits per heavy atom. The number of pyridine rings is 1. The molecule has 2 nitrogen and oxygen atoms in total. The van der Waals surface area contributed by atoms with Gasteiger partial charge in [-0.1, -0.05) is 0 Å². The highest BCUT2D eigenvalue weighted by Crippen LogP contribution is 2.19. The largest absolute Gasteiger partial charge is 0.276 e. The summed E-state index contributed by atoms with van der Waals surface area (Å²) >= 11 is 11.5. The molecule has 0 saturated carbocycles. The number of rotatable bonds is 1. The van der Waals surface area contributed by atoms with Crippen LogP contribution in [-0.4, -0.2) is 10.2 Å². The van der Waals surface area contributed by atoms with E-state index >= 15 is 0 Å². The van der Waals surface area contributed by atoms with Gasteiger partial charge in [0.15, 0.2) is 0 Å². The summed E-state index contributed by atoms with van der Waals surface area (Å²) in [6.07, 6.45) is 1.58. The lowest BCUT2D eigenvalue weighted by Gasteiger charge is -1.96. The summed E-state index contributed by atoms with van der Waals surface area (Å²) in [5.74, 6) is 0. The second-order valence-electron chi connectivity index (χ2n) is 1.77. The van der Waals surface area contributed by atoms with Crippen LogP contribution < -0.4 is 0 Å². The Bertz CT molecular complexity index is 303. The Kier molecular flexibility index (Phi) is 3.04. The molecule has 1 rings (SSSR count). The molecule has 5 heteroatoms. The van der Waals surface area contributed by atoms with Gasteiger partial charge in [-0.3, -0.25) is 4.79 Å². The first-order valence-electron chi connectivity index (χ1n) is 2.62. The molecule has 0 saturated heterocycles. The third-order valence-corrected chi connectivity index (χ3v) is 2.29. The van der Waals surface area contributed by atoms with Crippen LogP contribution >= 0.6 is 43.5 Å². The van der Waals surface area contributed by atoms with Crippen molar-refractivity contribution in [1.82, 2.24) is 4.98 Å². The number of halogens is 3. The van der Waals surface area contributed by atoms with Gasteiger partial charge >= 0.3 is 0 Å². The fourth-order valence-corrected chi connectivity index (χ4v) is 1.55. The molecule has 0 fully saturated rings. The van der Waals surface area contributed by atoms with E-state index in [2.05, 4.69) is 36.8 Å². The van der Waals surface area contributed by atoms with Gasteiger partial charge in [-0.25, -0.2) is 4.98 Å². The van der Waals surface area contributed by atoms with Crippen molar-refractivity contribution in [2.45, 2.75) is 0 Å². The van der Waals surface area contributed by atoms with Gasteiger partial charge in [-0.2, -0.15) is 0 Å². The van der Waals surface area contributed by atoms with E-state index in [1.165, 1.54) is 0 Å². The molecule has 0 bridgehead atoms. The van der Waals surface area contributed by atoms with E-state index in [-0.39, 0.29) is 0 Å². The lowest BCUT2D eigenvalue weighted by molar-refractivity contribution is 0.108. The Balaban J connectivity index is 3.23. The summed E-state index contributed by atoms with van der Waals surface area (Å²) < 4.78 is 1.19. The van der Waals surface area contributed by atoms with Gasteiger partial charge in [0.1, 0.15) is 4.60 Å². The zero-order chi connectivity index (χ0) is 8.43. The Morgan fingerprint density at radius 3 is 2.64 bits per heavy atom. The number of hydrogen-bond donors (Lipinski definition) is 0. The molecule has 58 valence electrons. The smallest absolute Gasteiger partial charge is 0.255 e. The minimum Gasteiger partial charge on any atom is -0.276 e. The van der Waals surface area contributed by atoms with Crippen LogP contribution in [0, 0.1) is 0 Å². The van der Waals surface area contributed by atoms with E-state index in [0.717, 1.165) is 4.47 Å². The minimum absolute atomic E-state index is 0.362. The van der Waals surface area contributed by atoms with Crippen LogP contribution in [0.5, 0.6) is 0 Å². The highest BCUT2D eigenvalue weighted by molar-refractivity contribution is 9.11. The van der Waals surface area contributed by atoms with Crippen molar-refractivity contribution in [2.24, 2.45) is 0 Å². The molecule has 0 aliphatic heterocycles. The van der Waals surface area contributed by atoms with Crippen LogP contribution in [0.3, 0.4) is 0 Å². The van der Waals surface area contributed by atoms with Gasteiger partial charge in [-0.05, 0) is 49.5 Å². The first kappa shape index (κ1) is 9.16. The molecule has 1 aromatic heterocycles. The van der Waals surface area contributed by atoms with Crippen LogP contribution in [0.25, 0.3) is 0 Å². The molecule has 1 aromatic rings. The number of carbonyl (C=O) groups excluding carboxylic acids is 1. The maximum absolute atomic E-state index is 10.7. The van der Waals surface area contributed by atoms with E-state index in [1.54, 1.807) is 12.3 Å². The molecule has 11 heavy (non-hydrogen) atoms. The van der Waals surface area contributed by atoms with E-state index in [4.69, 9.17) is 11.6 Å². The third-order valence-electron chi connectivity index (χ3n) is 1.02. The van der Waals surface area contributed by atoms with Crippen molar-refractivity contribution >= 4 is 48.7 Å². The van der Waals surface area contributed by atoms with Gasteiger partial charge in [0.2, 0.25) is 0 Å². The van der Waals surface area contributed by atoms with Gasteiger partial charge in [0, 0.05) is 10.7 Å². The maximum Gasteiger partial charge on any atom is 0.255 e. The second-order valence-corrected chi connectivity index (χ2v) is 3.78. The quantitative estimate of drug-likeness (QED) is 0.589. The van der Waals surface area contributed by atoms with E-state index in [1.807, 2.05) is 0 Å². The summed E-state index contributed by atoms with van der Waals surface area (Å²) in [6.45, 7) is 0. The first-order chi connectivity index (χ1) is 5.11. The van der Waals surface area contributed by atoms with Crippen molar-refractivity contribution in [3.8, 4) is 0 Å². The van der Waals surface area contributed by atoms with Gasteiger partial charge in [0.25, 0.3) is 5.24 Å². The van der Waals surface area contributed by atoms with Gasteiger partial charge in [-0.15, -0.1) is 0 Å². The highest BCUT2D eigenvalue weighted by atomic mass is 79.9. The number of carbonyl (C=O) groups is 1. The van der Waals surface area contributed by atoms with Crippen LogP contribution in [0.1, 0.15) is 10.4 Å². The Hall–Kier alpha value is 0.0700. The Morgan fingerprint density at radius 2 is 2.18 bits per heavy atom. The van der Waals surface area contributed by atoms with Gasteiger partial charge in [0.05, 0.1) is 5.56 Å². The number of hydrogen-bond acceptors (Lipinski definition) is 2. The topological polar surface area (TPSA) is 30.0 Å². The fourth-order valence-electron chi connectivity index (χ4n) is 0.560. The summed E-state index contributed by atoms with van der Waals surface area (Å²) in [7, 11) is 0. The standard InChI is InChI=1S/C6H2Br2ClNO/c7-3-1-4(6(9)11)5(8)10-2-3/h1-2H. The predicted molar refractivity (Wildman–Crippen MR) is 49.8 cm³/mol. The molecule has 0 aliphatic rings. The summed E-state index contributed by atoms with van der Waals surface area (Å²) in [4.78, 5) is 14.6. The van der Waals surface area contributed by atoms with E-state index in [9.17, 15) is 4.79 Å². The summed E-state index contributed by atoms with van der Waals surface area (Å²) in [6, 6.07) is 1.60. The van der Waals surface area contributed by atoms with Crippen molar-refractivity contribution in [1.29, 1.82) is 0 Å². The molecular weight excluding hydrogens is 297 g/mol. The normalized spacial score (nSPS) is 9.73. The van der Waals surface area contributed by atoms with Crippen LogP contribution in [-0.2, 0) is 0 Å². The summed E-state index contributed by atoms with van der Waals surface area (Å²) in [5, 5.41) is -0.523. The van der Waals surface area contributed by atoms with E-state index < -0.39 is 5.24 Å². The molecular formula is C6H2Br2ClNO. The van der Waals surface area contributed by atoms with Crippen LogP contribution in [0.4, 0.5) is 0 Å². The first-order valence-corrected chi connectivity index (χ1v) is 4.58. The average molecular weight is 299 g/mol. The minimum atomic E-state index is -0.523. The predicted octanol–water partition coefficient (Wildman–Crippen LogP) is 2.99. The van der Waals surface area contributed by atoms with Crippen molar-refractivity contribution in [3.05, 3.63) is 26.9 Å². The molecule has 0 atom stereocenters. The van der Waals surface area contributed by atoms with Crippen LogP contribution in [0.2, 0.25) is 0 Å². The molecule has 0 N–H and O–H groups in total. The van der Waals surface area contributed by atoms with E-state index in [0.29, 0.717) is 10.2 Å². The fraction of sp³-hybridized carbons (Fsp3) is 0. The van der Waals surface area contributed by atoms with Crippen molar-refractivity contribution < 1.29 is 4.79 Å². The van der Waals surface area contributed by atoms with Crippen LogP contribution in [0.15, 0.2) is 21.3 Å². The lowest BCUT2D eigenvalue weighted by Crippen LogP contribution is -1.92. The highest BCUT2D eigenvalue weighted by Gasteiger charge is 2.07. The monoisotopic (exact) mass is 297 g/mol. The van der Waals surface area contributed by atoms with Crippen molar-refractivity contribution in [2.75, 3.05) is 0 Å². The second kappa shape index (κ2) is 3.65. The SMILES string of the molecule is O=C(Cl)c1cc(Br)cnc1Br. The number of aromatic nitrogens is 1. The molecule has 0 aliphatic carbocycles. The molecule has 1 heterocycles. The Labute approximate surface area is 85.2 Å².